The van der Waals surface area contributed by atoms with Crippen LogP contribution in [0.5, 0.6) is 0 Å². The molecule has 0 aromatic heterocycles. The number of rotatable bonds is 4. The summed E-state index contributed by atoms with van der Waals surface area (Å²) in [6.45, 7) is 8.22. The minimum absolute atomic E-state index is 0.155. The zero-order valence-corrected chi connectivity index (χ0v) is 17.6. The maximum atomic E-state index is 12.9. The lowest BCUT2D eigenvalue weighted by Crippen LogP contribution is -2.47. The van der Waals surface area contributed by atoms with Gasteiger partial charge in [0.05, 0.1) is 4.90 Å². The molecule has 28 heavy (non-hydrogen) atoms. The number of likely N-dealkylation sites (N-methyl/N-ethyl adjacent to an activating group) is 1. The molecule has 0 bridgehead atoms. The molecule has 1 fully saturated rings. The van der Waals surface area contributed by atoms with Gasteiger partial charge in [-0.25, -0.2) is 8.42 Å². The number of benzene rings is 2. The number of nitrogens with one attached hydrogen (secondary N) is 1. The zero-order chi connectivity index (χ0) is 20.5. The van der Waals surface area contributed by atoms with E-state index in [1.165, 1.54) is 10.4 Å². The van der Waals surface area contributed by atoms with Crippen LogP contribution in [-0.4, -0.2) is 56.8 Å². The lowest BCUT2D eigenvalue weighted by molar-refractivity contribution is 0.102. The van der Waals surface area contributed by atoms with Gasteiger partial charge in [0.15, 0.2) is 0 Å². The molecule has 7 heteroatoms. The van der Waals surface area contributed by atoms with Crippen molar-refractivity contribution >= 4 is 21.6 Å². The first-order chi connectivity index (χ1) is 13.2. The van der Waals surface area contributed by atoms with Crippen LogP contribution in [0.3, 0.4) is 0 Å². The van der Waals surface area contributed by atoms with Gasteiger partial charge in [-0.05, 0) is 57.1 Å². The van der Waals surface area contributed by atoms with Crippen molar-refractivity contribution in [1.82, 2.24) is 9.21 Å². The van der Waals surface area contributed by atoms with Gasteiger partial charge < -0.3 is 10.2 Å². The van der Waals surface area contributed by atoms with E-state index < -0.39 is 10.0 Å². The summed E-state index contributed by atoms with van der Waals surface area (Å²) in [5.74, 6) is -0.314. The Morgan fingerprint density at radius 1 is 0.964 bits per heavy atom. The van der Waals surface area contributed by atoms with Gasteiger partial charge in [-0.1, -0.05) is 23.8 Å². The second-order valence-corrected chi connectivity index (χ2v) is 9.40. The predicted octanol–water partition coefficient (Wildman–Crippen LogP) is 2.80. The number of aryl methyl sites for hydroxylation is 3. The molecule has 0 unspecified atom stereocenters. The molecule has 2 aromatic rings. The molecular weight excluding hydrogens is 374 g/mol. The molecule has 1 N–H and O–H groups in total. The third kappa shape index (κ3) is 4.27. The van der Waals surface area contributed by atoms with E-state index in [1.807, 2.05) is 40.0 Å². The van der Waals surface area contributed by atoms with Crippen molar-refractivity contribution in [3.8, 4) is 0 Å². The van der Waals surface area contributed by atoms with Crippen LogP contribution in [-0.2, 0) is 10.0 Å². The molecule has 150 valence electrons. The van der Waals surface area contributed by atoms with Gasteiger partial charge in [0.25, 0.3) is 5.91 Å². The Kier molecular flexibility index (Phi) is 5.88. The van der Waals surface area contributed by atoms with E-state index in [-0.39, 0.29) is 10.8 Å². The number of anilines is 1. The normalized spacial score (nSPS) is 16.1. The first-order valence-corrected chi connectivity index (χ1v) is 10.8. The van der Waals surface area contributed by atoms with Crippen LogP contribution < -0.4 is 5.32 Å². The third-order valence-electron chi connectivity index (χ3n) is 5.11. The molecule has 1 heterocycles. The van der Waals surface area contributed by atoms with Crippen molar-refractivity contribution in [3.05, 3.63) is 58.7 Å². The van der Waals surface area contributed by atoms with Gasteiger partial charge in [-0.15, -0.1) is 0 Å². The van der Waals surface area contributed by atoms with Crippen molar-refractivity contribution in [2.24, 2.45) is 0 Å². The number of hydrogen-bond donors (Lipinski definition) is 1. The highest BCUT2D eigenvalue weighted by Crippen LogP contribution is 2.24. The zero-order valence-electron chi connectivity index (χ0n) is 16.8. The van der Waals surface area contributed by atoms with E-state index in [2.05, 4.69) is 10.2 Å². The van der Waals surface area contributed by atoms with E-state index >= 15 is 0 Å². The largest absolute Gasteiger partial charge is 0.322 e. The van der Waals surface area contributed by atoms with Crippen LogP contribution in [0.2, 0.25) is 0 Å². The molecule has 0 radical (unpaired) electrons. The van der Waals surface area contributed by atoms with E-state index in [4.69, 9.17) is 0 Å². The molecule has 0 aliphatic carbocycles. The Hall–Kier alpha value is -2.22. The molecular formula is C21H27N3O3S. The summed E-state index contributed by atoms with van der Waals surface area (Å²) in [5.41, 5.74) is 4.19. The van der Waals surface area contributed by atoms with Crippen molar-refractivity contribution in [2.45, 2.75) is 25.7 Å². The minimum atomic E-state index is -3.61. The topological polar surface area (TPSA) is 69.7 Å². The molecule has 0 saturated carbocycles. The van der Waals surface area contributed by atoms with Crippen molar-refractivity contribution in [1.29, 1.82) is 0 Å². The maximum Gasteiger partial charge on any atom is 0.255 e. The van der Waals surface area contributed by atoms with Crippen molar-refractivity contribution < 1.29 is 13.2 Å². The number of carbonyl (C=O) groups excluding carboxylic acids is 1. The molecule has 1 aliphatic heterocycles. The van der Waals surface area contributed by atoms with E-state index in [9.17, 15) is 13.2 Å². The average Bonchev–Trinajstić information content (AvgIpc) is 2.65. The van der Waals surface area contributed by atoms with Crippen molar-refractivity contribution in [3.63, 3.8) is 0 Å². The Labute approximate surface area is 167 Å². The van der Waals surface area contributed by atoms with Gasteiger partial charge in [0.2, 0.25) is 10.0 Å². The lowest BCUT2D eigenvalue weighted by atomic mass is 10.0. The van der Waals surface area contributed by atoms with Gasteiger partial charge in [-0.2, -0.15) is 4.31 Å². The predicted molar refractivity (Wildman–Crippen MR) is 111 cm³/mol. The van der Waals surface area contributed by atoms with Gasteiger partial charge >= 0.3 is 0 Å². The molecule has 1 amide bonds. The van der Waals surface area contributed by atoms with Crippen LogP contribution in [0, 0.1) is 20.8 Å². The maximum absolute atomic E-state index is 12.9. The van der Waals surface area contributed by atoms with Gasteiger partial charge in [-0.3, -0.25) is 4.79 Å². The highest BCUT2D eigenvalue weighted by Gasteiger charge is 2.28. The summed E-state index contributed by atoms with van der Waals surface area (Å²) in [5, 5.41) is 2.93. The molecule has 1 saturated heterocycles. The number of hydrogen-bond acceptors (Lipinski definition) is 4. The first-order valence-electron chi connectivity index (χ1n) is 9.36. The van der Waals surface area contributed by atoms with E-state index in [1.54, 1.807) is 18.2 Å². The summed E-state index contributed by atoms with van der Waals surface area (Å²) < 4.78 is 27.4. The van der Waals surface area contributed by atoms with Crippen LogP contribution in [0.4, 0.5) is 5.69 Å². The quantitative estimate of drug-likeness (QED) is 0.855. The third-order valence-corrected chi connectivity index (χ3v) is 7.01. The number of sulfonamides is 1. The van der Waals surface area contributed by atoms with Crippen LogP contribution in [0.15, 0.2) is 41.3 Å². The van der Waals surface area contributed by atoms with Gasteiger partial charge in [0.1, 0.15) is 0 Å². The van der Waals surface area contributed by atoms with Crippen molar-refractivity contribution in [2.75, 3.05) is 38.5 Å². The minimum Gasteiger partial charge on any atom is -0.322 e. The molecule has 3 rings (SSSR count). The second kappa shape index (κ2) is 8.03. The van der Waals surface area contributed by atoms with E-state index in [0.29, 0.717) is 31.7 Å². The summed E-state index contributed by atoms with van der Waals surface area (Å²) in [6.07, 6.45) is 0. The summed E-state index contributed by atoms with van der Waals surface area (Å²) in [7, 11) is -1.63. The summed E-state index contributed by atoms with van der Waals surface area (Å²) in [6, 6.07) is 10.3. The van der Waals surface area contributed by atoms with Crippen LogP contribution >= 0.6 is 0 Å². The number of nitrogens with zero attached hydrogens (tertiary/aromatic N) is 2. The smallest absolute Gasteiger partial charge is 0.255 e. The first kappa shape index (κ1) is 20.5. The SMILES string of the molecule is Cc1cc(C)c(NC(=O)c2cccc(S(=O)(=O)N3CCN(C)CC3)c2)c(C)c1. The van der Waals surface area contributed by atoms with Gasteiger partial charge in [0, 0.05) is 37.4 Å². The monoisotopic (exact) mass is 401 g/mol. The molecule has 2 aromatic carbocycles. The average molecular weight is 402 g/mol. The molecule has 0 atom stereocenters. The molecule has 0 spiro atoms. The molecule has 1 aliphatic rings. The number of amides is 1. The second-order valence-electron chi connectivity index (χ2n) is 7.46. The van der Waals surface area contributed by atoms with Crippen LogP contribution in [0.1, 0.15) is 27.0 Å². The Balaban J connectivity index is 1.84. The fourth-order valence-corrected chi connectivity index (χ4v) is 5.01. The summed E-state index contributed by atoms with van der Waals surface area (Å²) >= 11 is 0. The summed E-state index contributed by atoms with van der Waals surface area (Å²) in [4.78, 5) is 15.0. The fraction of sp³-hybridized carbons (Fsp3) is 0.381. The highest BCUT2D eigenvalue weighted by molar-refractivity contribution is 7.89. The Morgan fingerprint density at radius 2 is 1.57 bits per heavy atom. The Morgan fingerprint density at radius 3 is 2.18 bits per heavy atom. The fourth-order valence-electron chi connectivity index (χ4n) is 3.54. The number of carbonyl (C=O) groups is 1. The number of piperazine rings is 1. The van der Waals surface area contributed by atoms with Crippen LogP contribution in [0.25, 0.3) is 0 Å². The lowest BCUT2D eigenvalue weighted by Gasteiger charge is -2.31. The highest BCUT2D eigenvalue weighted by atomic mass is 32.2. The Bertz CT molecular complexity index is 971. The standard InChI is InChI=1S/C21H27N3O3S/c1-15-12-16(2)20(17(3)13-15)22-21(25)18-6-5-7-19(14-18)28(26,27)24-10-8-23(4)9-11-24/h5-7,12-14H,8-11H2,1-4H3,(H,22,25). The van der Waals surface area contributed by atoms with E-state index in [0.717, 1.165) is 22.4 Å². The molecule has 6 nitrogen and oxygen atoms in total.